The summed E-state index contributed by atoms with van der Waals surface area (Å²) in [6, 6.07) is 9.94. The van der Waals surface area contributed by atoms with Crippen molar-refractivity contribution < 1.29 is 19.1 Å². The zero-order valence-corrected chi connectivity index (χ0v) is 11.3. The predicted octanol–water partition coefficient (Wildman–Crippen LogP) is 2.02. The third-order valence-electron chi connectivity index (χ3n) is 2.93. The van der Waals surface area contributed by atoms with E-state index in [1.165, 1.54) is 6.26 Å². The number of hydrogen-bond donors (Lipinski definition) is 3. The number of rotatable bonds is 6. The van der Waals surface area contributed by atoms with Gasteiger partial charge in [0.05, 0.1) is 18.4 Å². The fourth-order valence-electron chi connectivity index (χ4n) is 1.90. The molecule has 1 aromatic carbocycles. The van der Waals surface area contributed by atoms with E-state index in [1.807, 2.05) is 0 Å². The average Bonchev–Trinajstić information content (AvgIpc) is 2.99. The van der Waals surface area contributed by atoms with E-state index in [9.17, 15) is 9.59 Å². The van der Waals surface area contributed by atoms with E-state index >= 15 is 0 Å². The van der Waals surface area contributed by atoms with Gasteiger partial charge in [0.15, 0.2) is 0 Å². The zero-order chi connectivity index (χ0) is 15.1. The fraction of sp³-hybridized carbons (Fsp3) is 0.200. The maximum Gasteiger partial charge on any atom is 0.335 e. The van der Waals surface area contributed by atoms with Crippen molar-refractivity contribution in [2.75, 3.05) is 6.54 Å². The molecule has 6 heteroatoms. The lowest BCUT2D eigenvalue weighted by molar-refractivity contribution is 0.0695. The van der Waals surface area contributed by atoms with Crippen LogP contribution in [0.1, 0.15) is 21.7 Å². The average molecular weight is 288 g/mol. The molecule has 2 amide bonds. The van der Waals surface area contributed by atoms with Crippen LogP contribution in [0.25, 0.3) is 0 Å². The molecule has 0 atom stereocenters. The first-order valence-corrected chi connectivity index (χ1v) is 6.52. The summed E-state index contributed by atoms with van der Waals surface area (Å²) in [4.78, 5) is 22.6. The van der Waals surface area contributed by atoms with E-state index in [1.54, 1.807) is 36.4 Å². The third-order valence-corrected chi connectivity index (χ3v) is 2.93. The van der Waals surface area contributed by atoms with Crippen LogP contribution in [0.5, 0.6) is 0 Å². The Labute approximate surface area is 121 Å². The van der Waals surface area contributed by atoms with E-state index in [-0.39, 0.29) is 11.6 Å². The molecule has 6 nitrogen and oxygen atoms in total. The number of nitrogens with one attached hydrogen (secondary N) is 2. The Morgan fingerprint density at radius 1 is 1.10 bits per heavy atom. The Hall–Kier alpha value is -2.76. The zero-order valence-electron chi connectivity index (χ0n) is 11.3. The maximum absolute atomic E-state index is 11.6. The summed E-state index contributed by atoms with van der Waals surface area (Å²) in [6.07, 6.45) is 1.99. The Morgan fingerprint density at radius 3 is 2.62 bits per heavy atom. The quantitative estimate of drug-likeness (QED) is 0.758. The lowest BCUT2D eigenvalue weighted by Crippen LogP contribution is -2.36. The minimum Gasteiger partial charge on any atom is -0.478 e. The first kappa shape index (κ1) is 14.6. The van der Waals surface area contributed by atoms with E-state index in [0.717, 1.165) is 0 Å². The van der Waals surface area contributed by atoms with Gasteiger partial charge in [0, 0.05) is 6.54 Å². The largest absolute Gasteiger partial charge is 0.478 e. The molecule has 2 aromatic rings. The summed E-state index contributed by atoms with van der Waals surface area (Å²) < 4.78 is 5.09. The van der Waals surface area contributed by atoms with Gasteiger partial charge in [0.1, 0.15) is 5.76 Å². The van der Waals surface area contributed by atoms with Crippen LogP contribution in [0.15, 0.2) is 47.1 Å². The van der Waals surface area contributed by atoms with E-state index < -0.39 is 5.97 Å². The minimum absolute atomic E-state index is 0.260. The van der Waals surface area contributed by atoms with Gasteiger partial charge >= 0.3 is 12.0 Å². The molecule has 0 radical (unpaired) electrons. The van der Waals surface area contributed by atoms with Crippen molar-refractivity contribution in [2.24, 2.45) is 0 Å². The van der Waals surface area contributed by atoms with Gasteiger partial charge in [-0.1, -0.05) is 18.2 Å². The molecule has 0 spiro atoms. The van der Waals surface area contributed by atoms with Crippen molar-refractivity contribution in [2.45, 2.75) is 13.0 Å². The number of aromatic carboxylic acids is 1. The molecule has 110 valence electrons. The van der Waals surface area contributed by atoms with Crippen LogP contribution >= 0.6 is 0 Å². The van der Waals surface area contributed by atoms with Gasteiger partial charge < -0.3 is 20.2 Å². The SMILES string of the molecule is O=C(NCCc1ccccc1C(=O)O)NCc1ccco1. The van der Waals surface area contributed by atoms with Crippen molar-refractivity contribution in [1.29, 1.82) is 0 Å². The molecule has 3 N–H and O–H groups in total. The first-order valence-electron chi connectivity index (χ1n) is 6.52. The molecule has 1 aromatic heterocycles. The number of hydrogen-bond acceptors (Lipinski definition) is 3. The predicted molar refractivity (Wildman–Crippen MR) is 76.1 cm³/mol. The highest BCUT2D eigenvalue weighted by molar-refractivity contribution is 5.89. The molecule has 0 saturated heterocycles. The smallest absolute Gasteiger partial charge is 0.335 e. The molecule has 0 saturated carbocycles. The monoisotopic (exact) mass is 288 g/mol. The summed E-state index contributed by atoms with van der Waals surface area (Å²) >= 11 is 0. The van der Waals surface area contributed by atoms with Crippen LogP contribution in [0.2, 0.25) is 0 Å². The number of carboxylic acid groups (broad SMARTS) is 1. The van der Waals surface area contributed by atoms with E-state index in [2.05, 4.69) is 10.6 Å². The number of benzene rings is 1. The molecule has 0 bridgehead atoms. The van der Waals surface area contributed by atoms with Gasteiger partial charge in [0.2, 0.25) is 0 Å². The number of furan rings is 1. The van der Waals surface area contributed by atoms with Crippen molar-refractivity contribution in [3.8, 4) is 0 Å². The third kappa shape index (κ3) is 4.38. The van der Waals surface area contributed by atoms with Gasteiger partial charge in [-0.25, -0.2) is 9.59 Å². The van der Waals surface area contributed by atoms with Gasteiger partial charge in [-0.05, 0) is 30.2 Å². The van der Waals surface area contributed by atoms with Crippen LogP contribution < -0.4 is 10.6 Å². The molecule has 0 aliphatic rings. The van der Waals surface area contributed by atoms with Crippen LogP contribution in [0.3, 0.4) is 0 Å². The molecular weight excluding hydrogens is 272 g/mol. The van der Waals surface area contributed by atoms with Crippen molar-refractivity contribution in [3.63, 3.8) is 0 Å². The van der Waals surface area contributed by atoms with Crippen LogP contribution in [-0.4, -0.2) is 23.7 Å². The minimum atomic E-state index is -0.965. The van der Waals surface area contributed by atoms with Gasteiger partial charge in [-0.2, -0.15) is 0 Å². The van der Waals surface area contributed by atoms with Crippen molar-refractivity contribution in [3.05, 3.63) is 59.5 Å². The Balaban J connectivity index is 1.76. The molecule has 0 aliphatic heterocycles. The summed E-state index contributed by atoms with van der Waals surface area (Å²) in [5.41, 5.74) is 0.951. The molecule has 21 heavy (non-hydrogen) atoms. The second kappa shape index (κ2) is 7.14. The van der Waals surface area contributed by atoms with Gasteiger partial charge in [-0.15, -0.1) is 0 Å². The normalized spacial score (nSPS) is 10.1. The second-order valence-electron chi connectivity index (χ2n) is 4.40. The molecule has 0 aliphatic carbocycles. The van der Waals surface area contributed by atoms with Crippen LogP contribution in [0, 0.1) is 0 Å². The summed E-state index contributed by atoms with van der Waals surface area (Å²) in [5, 5.41) is 14.4. The number of carbonyl (C=O) groups excluding carboxylic acids is 1. The maximum atomic E-state index is 11.6. The number of carbonyl (C=O) groups is 2. The highest BCUT2D eigenvalue weighted by Crippen LogP contribution is 2.08. The van der Waals surface area contributed by atoms with Gasteiger partial charge in [0.25, 0.3) is 0 Å². The summed E-state index contributed by atoms with van der Waals surface area (Å²) in [7, 11) is 0. The first-order chi connectivity index (χ1) is 10.2. The molecule has 2 rings (SSSR count). The summed E-state index contributed by atoms with van der Waals surface area (Å²) in [5.74, 6) is -0.297. The Morgan fingerprint density at radius 2 is 1.90 bits per heavy atom. The topological polar surface area (TPSA) is 91.6 Å². The van der Waals surface area contributed by atoms with E-state index in [0.29, 0.717) is 30.8 Å². The molecular formula is C15H16N2O4. The summed E-state index contributed by atoms with van der Waals surface area (Å²) in [6.45, 7) is 0.666. The second-order valence-corrected chi connectivity index (χ2v) is 4.40. The van der Waals surface area contributed by atoms with Crippen LogP contribution in [0.4, 0.5) is 4.79 Å². The van der Waals surface area contributed by atoms with Crippen molar-refractivity contribution >= 4 is 12.0 Å². The molecule has 0 unspecified atom stereocenters. The Kier molecular flexibility index (Phi) is 4.98. The Bertz CT molecular complexity index is 608. The molecule has 1 heterocycles. The molecule has 0 fully saturated rings. The van der Waals surface area contributed by atoms with Crippen LogP contribution in [-0.2, 0) is 13.0 Å². The lowest BCUT2D eigenvalue weighted by atomic mass is 10.0. The highest BCUT2D eigenvalue weighted by Gasteiger charge is 2.09. The number of amides is 2. The van der Waals surface area contributed by atoms with Crippen molar-refractivity contribution in [1.82, 2.24) is 10.6 Å². The van der Waals surface area contributed by atoms with E-state index in [4.69, 9.17) is 9.52 Å². The highest BCUT2D eigenvalue weighted by atomic mass is 16.4. The lowest BCUT2D eigenvalue weighted by Gasteiger charge is -2.08. The number of urea groups is 1. The van der Waals surface area contributed by atoms with Gasteiger partial charge in [-0.3, -0.25) is 0 Å². The fourth-order valence-corrected chi connectivity index (χ4v) is 1.90. The standard InChI is InChI=1S/C15H16N2O4/c18-14(19)13-6-2-1-4-11(13)7-8-16-15(20)17-10-12-5-3-9-21-12/h1-6,9H,7-8,10H2,(H,18,19)(H2,16,17,20). The number of carboxylic acids is 1.